The van der Waals surface area contributed by atoms with Crippen LogP contribution in [-0.2, 0) is 6.42 Å². The first-order chi connectivity index (χ1) is 10.3. The Balaban J connectivity index is 2.24. The van der Waals surface area contributed by atoms with E-state index in [4.69, 9.17) is 10.6 Å². The van der Waals surface area contributed by atoms with E-state index in [0.29, 0.717) is 0 Å². The summed E-state index contributed by atoms with van der Waals surface area (Å²) in [5.74, 6) is 6.67. The van der Waals surface area contributed by atoms with E-state index in [2.05, 4.69) is 36.4 Å². The number of ether oxygens (including phenoxy) is 1. The number of nitrogens with two attached hydrogens (primary N) is 1. The molecule has 1 unspecified atom stereocenters. The smallest absolute Gasteiger partial charge is 0.119 e. The molecule has 2 rings (SSSR count). The van der Waals surface area contributed by atoms with Crippen molar-refractivity contribution >= 4 is 0 Å². The number of rotatable bonds is 7. The second-order valence-corrected chi connectivity index (χ2v) is 4.95. The highest BCUT2D eigenvalue weighted by Crippen LogP contribution is 2.26. The van der Waals surface area contributed by atoms with E-state index in [-0.39, 0.29) is 6.04 Å². The molecule has 1 aromatic carbocycles. The van der Waals surface area contributed by atoms with Crippen LogP contribution in [0.5, 0.6) is 5.75 Å². The maximum atomic E-state index is 5.78. The normalized spacial score (nSPS) is 12.1. The van der Waals surface area contributed by atoms with Crippen molar-refractivity contribution in [2.45, 2.75) is 32.7 Å². The molecule has 1 atom stereocenters. The number of hydrazine groups is 1. The quantitative estimate of drug-likeness (QED) is 0.606. The van der Waals surface area contributed by atoms with Crippen LogP contribution in [0.4, 0.5) is 0 Å². The Labute approximate surface area is 126 Å². The monoisotopic (exact) mass is 285 g/mol. The molecule has 0 saturated heterocycles. The van der Waals surface area contributed by atoms with E-state index in [1.807, 2.05) is 24.4 Å². The molecule has 21 heavy (non-hydrogen) atoms. The van der Waals surface area contributed by atoms with Crippen molar-refractivity contribution in [2.75, 3.05) is 6.61 Å². The van der Waals surface area contributed by atoms with Gasteiger partial charge in [0.2, 0.25) is 0 Å². The highest BCUT2D eigenvalue weighted by molar-refractivity contribution is 5.38. The van der Waals surface area contributed by atoms with E-state index < -0.39 is 0 Å². The first kappa shape index (κ1) is 15.5. The second-order valence-electron chi connectivity index (χ2n) is 4.95. The van der Waals surface area contributed by atoms with E-state index >= 15 is 0 Å². The number of hydrogen-bond donors (Lipinski definition) is 2. The lowest BCUT2D eigenvalue weighted by atomic mass is 9.95. The zero-order valence-electron chi connectivity index (χ0n) is 12.7. The SMILES string of the molecule is CCCOc1ccc(C(NN)c2ccncc2CC)cc1. The van der Waals surface area contributed by atoms with Gasteiger partial charge in [0.05, 0.1) is 12.6 Å². The van der Waals surface area contributed by atoms with Gasteiger partial charge in [-0.25, -0.2) is 5.43 Å². The van der Waals surface area contributed by atoms with Crippen LogP contribution in [0.25, 0.3) is 0 Å². The van der Waals surface area contributed by atoms with Crippen molar-refractivity contribution in [2.24, 2.45) is 5.84 Å². The summed E-state index contributed by atoms with van der Waals surface area (Å²) in [6.07, 6.45) is 5.64. The number of aromatic nitrogens is 1. The summed E-state index contributed by atoms with van der Waals surface area (Å²) in [5, 5.41) is 0. The van der Waals surface area contributed by atoms with Crippen LogP contribution in [-0.4, -0.2) is 11.6 Å². The molecule has 0 spiro atoms. The molecule has 1 heterocycles. The number of nitrogens with one attached hydrogen (secondary N) is 1. The van der Waals surface area contributed by atoms with Crippen molar-refractivity contribution in [1.82, 2.24) is 10.4 Å². The topological polar surface area (TPSA) is 60.2 Å². The number of nitrogens with zero attached hydrogens (tertiary/aromatic N) is 1. The molecular formula is C17H23N3O. The van der Waals surface area contributed by atoms with Crippen LogP contribution in [0.1, 0.15) is 43.0 Å². The first-order valence-corrected chi connectivity index (χ1v) is 7.41. The Morgan fingerprint density at radius 2 is 1.95 bits per heavy atom. The number of hydrogen-bond acceptors (Lipinski definition) is 4. The third kappa shape index (κ3) is 3.80. The summed E-state index contributed by atoms with van der Waals surface area (Å²) in [6.45, 7) is 4.95. The molecule has 3 N–H and O–H groups in total. The predicted octanol–water partition coefficient (Wildman–Crippen LogP) is 2.99. The van der Waals surface area contributed by atoms with Crippen molar-refractivity contribution in [3.8, 4) is 5.75 Å². The van der Waals surface area contributed by atoms with Gasteiger partial charge in [-0.1, -0.05) is 26.0 Å². The molecule has 0 aliphatic rings. The van der Waals surface area contributed by atoms with Gasteiger partial charge in [-0.15, -0.1) is 0 Å². The van der Waals surface area contributed by atoms with E-state index in [1.54, 1.807) is 6.20 Å². The van der Waals surface area contributed by atoms with Crippen LogP contribution < -0.4 is 16.0 Å². The summed E-state index contributed by atoms with van der Waals surface area (Å²) < 4.78 is 5.61. The molecule has 4 nitrogen and oxygen atoms in total. The third-order valence-corrected chi connectivity index (χ3v) is 3.49. The van der Waals surface area contributed by atoms with Crippen LogP contribution in [0.3, 0.4) is 0 Å². The Hall–Kier alpha value is -1.91. The van der Waals surface area contributed by atoms with Gasteiger partial charge >= 0.3 is 0 Å². The Morgan fingerprint density at radius 3 is 2.57 bits per heavy atom. The molecule has 0 saturated carbocycles. The molecule has 0 radical (unpaired) electrons. The zero-order chi connectivity index (χ0) is 15.1. The lowest BCUT2D eigenvalue weighted by molar-refractivity contribution is 0.317. The minimum Gasteiger partial charge on any atom is -0.494 e. The van der Waals surface area contributed by atoms with Gasteiger partial charge in [0.15, 0.2) is 0 Å². The van der Waals surface area contributed by atoms with Crippen LogP contribution in [0.15, 0.2) is 42.7 Å². The Morgan fingerprint density at radius 1 is 1.19 bits per heavy atom. The molecule has 4 heteroatoms. The molecule has 1 aromatic heterocycles. The van der Waals surface area contributed by atoms with E-state index in [0.717, 1.165) is 36.3 Å². The predicted molar refractivity (Wildman–Crippen MR) is 85.0 cm³/mol. The molecule has 2 aromatic rings. The van der Waals surface area contributed by atoms with Gasteiger partial charge in [0.25, 0.3) is 0 Å². The largest absolute Gasteiger partial charge is 0.494 e. The van der Waals surface area contributed by atoms with E-state index in [1.165, 1.54) is 5.56 Å². The molecule has 0 aliphatic heterocycles. The van der Waals surface area contributed by atoms with Gasteiger partial charge in [0, 0.05) is 12.4 Å². The summed E-state index contributed by atoms with van der Waals surface area (Å²) in [7, 11) is 0. The maximum absolute atomic E-state index is 5.78. The lowest BCUT2D eigenvalue weighted by Gasteiger charge is -2.20. The van der Waals surface area contributed by atoms with Crippen molar-refractivity contribution < 1.29 is 4.74 Å². The molecule has 0 fully saturated rings. The highest BCUT2D eigenvalue weighted by atomic mass is 16.5. The van der Waals surface area contributed by atoms with Gasteiger partial charge < -0.3 is 4.74 Å². The van der Waals surface area contributed by atoms with Crippen molar-refractivity contribution in [3.63, 3.8) is 0 Å². The van der Waals surface area contributed by atoms with Crippen molar-refractivity contribution in [1.29, 1.82) is 0 Å². The minimum atomic E-state index is -0.0387. The third-order valence-electron chi connectivity index (χ3n) is 3.49. The molecule has 0 aliphatic carbocycles. The summed E-state index contributed by atoms with van der Waals surface area (Å²) in [5.41, 5.74) is 6.38. The lowest BCUT2D eigenvalue weighted by Crippen LogP contribution is -2.29. The zero-order valence-corrected chi connectivity index (χ0v) is 12.7. The maximum Gasteiger partial charge on any atom is 0.119 e. The van der Waals surface area contributed by atoms with Crippen LogP contribution in [0, 0.1) is 0 Å². The fourth-order valence-electron chi connectivity index (χ4n) is 2.36. The molecule has 0 amide bonds. The fourth-order valence-corrected chi connectivity index (χ4v) is 2.36. The van der Waals surface area contributed by atoms with Gasteiger partial charge in [-0.05, 0) is 47.7 Å². The van der Waals surface area contributed by atoms with Crippen LogP contribution >= 0.6 is 0 Å². The minimum absolute atomic E-state index is 0.0387. The number of pyridine rings is 1. The first-order valence-electron chi connectivity index (χ1n) is 7.41. The van der Waals surface area contributed by atoms with Gasteiger partial charge in [0.1, 0.15) is 5.75 Å². The second kappa shape index (κ2) is 7.76. The molecular weight excluding hydrogens is 262 g/mol. The average Bonchev–Trinajstić information content (AvgIpc) is 2.55. The summed E-state index contributed by atoms with van der Waals surface area (Å²) in [6, 6.07) is 10.1. The molecule has 112 valence electrons. The fraction of sp³-hybridized carbons (Fsp3) is 0.353. The van der Waals surface area contributed by atoms with Gasteiger partial charge in [-0.2, -0.15) is 0 Å². The standard InChI is InChI=1S/C17H23N3O/c1-3-11-21-15-7-5-14(6-8-15)17(20-18)16-9-10-19-12-13(16)4-2/h5-10,12,17,20H,3-4,11,18H2,1-2H3. The Bertz CT molecular complexity index is 554. The van der Waals surface area contributed by atoms with Crippen molar-refractivity contribution in [3.05, 3.63) is 59.4 Å². The average molecular weight is 285 g/mol. The number of benzene rings is 1. The highest BCUT2D eigenvalue weighted by Gasteiger charge is 2.15. The Kier molecular flexibility index (Phi) is 5.72. The summed E-state index contributed by atoms with van der Waals surface area (Å²) in [4.78, 5) is 4.19. The van der Waals surface area contributed by atoms with Crippen LogP contribution in [0.2, 0.25) is 0 Å². The van der Waals surface area contributed by atoms with E-state index in [9.17, 15) is 0 Å². The number of aryl methyl sites for hydroxylation is 1. The molecule has 0 bridgehead atoms. The summed E-state index contributed by atoms with van der Waals surface area (Å²) >= 11 is 0. The van der Waals surface area contributed by atoms with Gasteiger partial charge in [-0.3, -0.25) is 10.8 Å².